The van der Waals surface area contributed by atoms with Crippen LogP contribution in [0, 0.1) is 19.7 Å². The highest BCUT2D eigenvalue weighted by atomic mass is 19.1. The summed E-state index contributed by atoms with van der Waals surface area (Å²) >= 11 is 0. The van der Waals surface area contributed by atoms with Gasteiger partial charge in [0, 0.05) is 36.4 Å². The molecule has 1 aromatic heterocycles. The molecule has 6 heteroatoms. The Morgan fingerprint density at radius 3 is 2.69 bits per heavy atom. The lowest BCUT2D eigenvalue weighted by Crippen LogP contribution is -2.39. The molecule has 26 heavy (non-hydrogen) atoms. The van der Waals surface area contributed by atoms with Gasteiger partial charge in [0.05, 0.1) is 17.8 Å². The molecule has 1 amide bonds. The zero-order valence-electron chi connectivity index (χ0n) is 15.3. The van der Waals surface area contributed by atoms with E-state index in [0.29, 0.717) is 18.5 Å². The normalized spacial score (nSPS) is 22.5. The van der Waals surface area contributed by atoms with E-state index < -0.39 is 0 Å². The number of nitrogens with zero attached hydrogens (tertiary/aromatic N) is 3. The topological polar surface area (TPSA) is 50.2 Å². The first-order valence-electron chi connectivity index (χ1n) is 9.36. The lowest BCUT2D eigenvalue weighted by atomic mass is 10.1. The third-order valence-electron chi connectivity index (χ3n) is 5.72. The van der Waals surface area contributed by atoms with Crippen molar-refractivity contribution in [2.75, 3.05) is 13.1 Å². The number of nitrogens with one attached hydrogen (secondary N) is 1. The van der Waals surface area contributed by atoms with E-state index in [2.05, 4.69) is 10.4 Å². The number of rotatable bonds is 3. The van der Waals surface area contributed by atoms with Crippen LogP contribution < -0.4 is 5.32 Å². The van der Waals surface area contributed by atoms with Crippen molar-refractivity contribution >= 4 is 5.91 Å². The molecule has 2 unspecified atom stereocenters. The monoisotopic (exact) mass is 356 g/mol. The largest absolute Gasteiger partial charge is 0.341 e. The first-order valence-corrected chi connectivity index (χ1v) is 9.36. The molecule has 2 aromatic rings. The number of aryl methyl sites for hydroxylation is 1. The van der Waals surface area contributed by atoms with Crippen LogP contribution >= 0.6 is 0 Å². The van der Waals surface area contributed by atoms with Crippen LogP contribution in [-0.4, -0.2) is 45.8 Å². The van der Waals surface area contributed by atoms with E-state index in [1.807, 2.05) is 18.7 Å². The van der Waals surface area contributed by atoms with Gasteiger partial charge in [-0.15, -0.1) is 0 Å². The van der Waals surface area contributed by atoms with E-state index in [1.165, 1.54) is 18.6 Å². The van der Waals surface area contributed by atoms with Gasteiger partial charge >= 0.3 is 0 Å². The van der Waals surface area contributed by atoms with Crippen LogP contribution in [0.2, 0.25) is 0 Å². The Morgan fingerprint density at radius 2 is 1.92 bits per heavy atom. The van der Waals surface area contributed by atoms with E-state index in [1.54, 1.807) is 16.8 Å². The smallest absolute Gasteiger partial charge is 0.227 e. The summed E-state index contributed by atoms with van der Waals surface area (Å²) in [6, 6.07) is 7.28. The number of benzene rings is 1. The molecule has 4 rings (SSSR count). The predicted molar refractivity (Wildman–Crippen MR) is 97.8 cm³/mol. The molecule has 5 nitrogen and oxygen atoms in total. The number of hydrogen-bond acceptors (Lipinski definition) is 3. The Bertz CT molecular complexity index is 814. The summed E-state index contributed by atoms with van der Waals surface area (Å²) in [6.07, 6.45) is 3.80. The number of carbonyl (C=O) groups is 1. The van der Waals surface area contributed by atoms with Gasteiger partial charge < -0.3 is 10.2 Å². The van der Waals surface area contributed by atoms with Crippen LogP contribution in [0.4, 0.5) is 4.39 Å². The van der Waals surface area contributed by atoms with Crippen LogP contribution in [0.15, 0.2) is 24.3 Å². The van der Waals surface area contributed by atoms with Crippen LogP contribution in [0.25, 0.3) is 5.69 Å². The van der Waals surface area contributed by atoms with Gasteiger partial charge in [0.15, 0.2) is 0 Å². The van der Waals surface area contributed by atoms with Crippen molar-refractivity contribution in [1.82, 2.24) is 20.0 Å². The summed E-state index contributed by atoms with van der Waals surface area (Å²) in [5, 5.41) is 8.19. The van der Waals surface area contributed by atoms with Crippen molar-refractivity contribution in [2.24, 2.45) is 0 Å². The minimum Gasteiger partial charge on any atom is -0.341 e. The number of amides is 1. The van der Waals surface area contributed by atoms with E-state index in [-0.39, 0.29) is 11.7 Å². The van der Waals surface area contributed by atoms with Gasteiger partial charge in [-0.1, -0.05) is 0 Å². The van der Waals surface area contributed by atoms with E-state index in [4.69, 9.17) is 0 Å². The minimum absolute atomic E-state index is 0.171. The van der Waals surface area contributed by atoms with Gasteiger partial charge in [0.1, 0.15) is 5.82 Å². The van der Waals surface area contributed by atoms with E-state index >= 15 is 0 Å². The average Bonchev–Trinajstić information content (AvgIpc) is 3.09. The van der Waals surface area contributed by atoms with Gasteiger partial charge in [-0.05, 0) is 57.4 Å². The molecular formula is C20H25FN4O. The highest BCUT2D eigenvalue weighted by molar-refractivity contribution is 5.79. The van der Waals surface area contributed by atoms with Gasteiger partial charge in [-0.3, -0.25) is 4.79 Å². The quantitative estimate of drug-likeness (QED) is 0.919. The molecule has 2 fully saturated rings. The maximum absolute atomic E-state index is 13.2. The molecule has 2 aliphatic heterocycles. The second-order valence-electron chi connectivity index (χ2n) is 7.48. The van der Waals surface area contributed by atoms with Crippen molar-refractivity contribution in [3.63, 3.8) is 0 Å². The number of halogens is 1. The Kier molecular flexibility index (Phi) is 4.53. The number of likely N-dealkylation sites (tertiary alicyclic amines) is 1. The standard InChI is InChI=1S/C20H25FN4O/c1-13-19(14(2)25(23-13)18-7-3-15(21)4-8-18)11-20(26)24-10-9-16-5-6-17(12-24)22-16/h3-4,7-8,16-17,22H,5-6,9-12H2,1-2H3. The van der Waals surface area contributed by atoms with E-state index in [9.17, 15) is 9.18 Å². The van der Waals surface area contributed by atoms with Crippen molar-refractivity contribution in [2.45, 2.75) is 51.6 Å². The van der Waals surface area contributed by atoms with Crippen LogP contribution in [0.3, 0.4) is 0 Å². The fourth-order valence-corrected chi connectivity index (χ4v) is 4.20. The Morgan fingerprint density at radius 1 is 1.19 bits per heavy atom. The molecular weight excluding hydrogens is 331 g/mol. The number of fused-ring (bicyclic) bond motifs is 2. The lowest BCUT2D eigenvalue weighted by molar-refractivity contribution is -0.130. The highest BCUT2D eigenvalue weighted by Crippen LogP contribution is 2.23. The number of aromatic nitrogens is 2. The fraction of sp³-hybridized carbons (Fsp3) is 0.500. The SMILES string of the molecule is Cc1nn(-c2ccc(F)cc2)c(C)c1CC(=O)N1CCC2CCC(C1)N2. The summed E-state index contributed by atoms with van der Waals surface area (Å²) in [4.78, 5) is 14.9. The van der Waals surface area contributed by atoms with Crippen molar-refractivity contribution in [3.8, 4) is 5.69 Å². The lowest BCUT2D eigenvalue weighted by Gasteiger charge is -2.24. The molecule has 0 saturated carbocycles. The maximum atomic E-state index is 13.2. The molecule has 0 spiro atoms. The summed E-state index contributed by atoms with van der Waals surface area (Å²) in [6.45, 7) is 5.54. The minimum atomic E-state index is -0.269. The third kappa shape index (κ3) is 3.26. The van der Waals surface area contributed by atoms with Crippen LogP contribution in [-0.2, 0) is 11.2 Å². The molecule has 2 atom stereocenters. The fourth-order valence-electron chi connectivity index (χ4n) is 4.20. The van der Waals surface area contributed by atoms with Crippen molar-refractivity contribution < 1.29 is 9.18 Å². The molecule has 138 valence electrons. The molecule has 0 aliphatic carbocycles. The molecule has 3 heterocycles. The second kappa shape index (κ2) is 6.83. The predicted octanol–water partition coefficient (Wildman–Crippen LogP) is 2.52. The Hall–Kier alpha value is -2.21. The zero-order chi connectivity index (χ0) is 18.3. The van der Waals surface area contributed by atoms with Gasteiger partial charge in [0.2, 0.25) is 5.91 Å². The van der Waals surface area contributed by atoms with Crippen molar-refractivity contribution in [1.29, 1.82) is 0 Å². The maximum Gasteiger partial charge on any atom is 0.227 e. The van der Waals surface area contributed by atoms with Crippen molar-refractivity contribution in [3.05, 3.63) is 47.0 Å². The summed E-state index contributed by atoms with van der Waals surface area (Å²) < 4.78 is 15.0. The molecule has 2 saturated heterocycles. The third-order valence-corrected chi connectivity index (χ3v) is 5.72. The first kappa shape index (κ1) is 17.2. The summed E-state index contributed by atoms with van der Waals surface area (Å²) in [7, 11) is 0. The Balaban J connectivity index is 1.53. The summed E-state index contributed by atoms with van der Waals surface area (Å²) in [5.41, 5.74) is 3.58. The molecule has 1 aromatic carbocycles. The zero-order valence-corrected chi connectivity index (χ0v) is 15.3. The number of hydrogen-bond donors (Lipinski definition) is 1. The molecule has 1 N–H and O–H groups in total. The summed E-state index contributed by atoms with van der Waals surface area (Å²) in [5.74, 6) is -0.0982. The highest BCUT2D eigenvalue weighted by Gasteiger charge is 2.31. The van der Waals surface area contributed by atoms with Gasteiger partial charge in [-0.2, -0.15) is 5.10 Å². The average molecular weight is 356 g/mol. The second-order valence-corrected chi connectivity index (χ2v) is 7.48. The van der Waals surface area contributed by atoms with E-state index in [0.717, 1.165) is 48.6 Å². The van der Waals surface area contributed by atoms with Gasteiger partial charge in [-0.25, -0.2) is 9.07 Å². The number of carbonyl (C=O) groups excluding carboxylic acids is 1. The van der Waals surface area contributed by atoms with Crippen LogP contribution in [0.1, 0.15) is 36.2 Å². The Labute approximate surface area is 153 Å². The molecule has 2 bridgehead atoms. The van der Waals surface area contributed by atoms with Gasteiger partial charge in [0.25, 0.3) is 0 Å². The molecule has 0 radical (unpaired) electrons. The van der Waals surface area contributed by atoms with Crippen LogP contribution in [0.5, 0.6) is 0 Å². The molecule has 2 aliphatic rings. The first-order chi connectivity index (χ1) is 12.5.